The fourth-order valence-electron chi connectivity index (χ4n) is 3.35. The molecule has 4 rings (SSSR count). The third kappa shape index (κ3) is 1.97. The molecular formula is C15H18N4O2. The van der Waals surface area contributed by atoms with Gasteiger partial charge in [-0.05, 0) is 19.8 Å². The summed E-state index contributed by atoms with van der Waals surface area (Å²) in [4.78, 5) is 23.4. The molecular weight excluding hydrogens is 268 g/mol. The van der Waals surface area contributed by atoms with Gasteiger partial charge in [0.25, 0.3) is 5.91 Å². The molecule has 6 nitrogen and oxygen atoms in total. The maximum atomic E-state index is 12.6. The van der Waals surface area contributed by atoms with Crippen LogP contribution in [0.25, 0.3) is 0 Å². The molecule has 0 atom stereocenters. The molecule has 1 N–H and O–H groups in total. The zero-order valence-electron chi connectivity index (χ0n) is 12.1. The molecule has 6 heteroatoms. The summed E-state index contributed by atoms with van der Waals surface area (Å²) in [6.07, 6.45) is 6.25. The highest BCUT2D eigenvalue weighted by molar-refractivity contribution is 6.17. The van der Waals surface area contributed by atoms with Crippen molar-refractivity contribution in [2.45, 2.75) is 38.6 Å². The van der Waals surface area contributed by atoms with E-state index in [1.54, 1.807) is 6.34 Å². The van der Waals surface area contributed by atoms with Crippen molar-refractivity contribution < 1.29 is 9.21 Å². The minimum atomic E-state index is -0.0592. The molecule has 1 aromatic rings. The molecule has 0 unspecified atom stereocenters. The van der Waals surface area contributed by atoms with Gasteiger partial charge in [0.1, 0.15) is 17.9 Å². The number of aliphatic imine (C=N–C) groups is 2. The fraction of sp³-hybridized carbons (Fsp3) is 0.533. The molecule has 1 aliphatic carbocycles. The van der Waals surface area contributed by atoms with E-state index in [9.17, 15) is 4.79 Å². The summed E-state index contributed by atoms with van der Waals surface area (Å²) < 4.78 is 5.66. The molecule has 110 valence electrons. The van der Waals surface area contributed by atoms with E-state index in [4.69, 9.17) is 4.42 Å². The van der Waals surface area contributed by atoms with E-state index in [0.717, 1.165) is 37.3 Å². The van der Waals surface area contributed by atoms with Crippen LogP contribution in [-0.2, 0) is 0 Å². The first-order valence-electron chi connectivity index (χ1n) is 7.54. The summed E-state index contributed by atoms with van der Waals surface area (Å²) in [5.41, 5.74) is 1.35. The Bertz CT molecular complexity index is 653. The predicted molar refractivity (Wildman–Crippen MR) is 79.4 cm³/mol. The number of amides is 1. The van der Waals surface area contributed by atoms with Gasteiger partial charge in [0.2, 0.25) is 5.88 Å². The van der Waals surface area contributed by atoms with Gasteiger partial charge in [0, 0.05) is 12.6 Å². The highest BCUT2D eigenvalue weighted by atomic mass is 16.4. The number of furan rings is 1. The Balaban J connectivity index is 1.71. The van der Waals surface area contributed by atoms with Gasteiger partial charge in [-0.15, -0.1) is 0 Å². The highest BCUT2D eigenvalue weighted by Gasteiger charge is 2.34. The van der Waals surface area contributed by atoms with Crippen LogP contribution in [0.1, 0.15) is 47.4 Å². The molecule has 0 radical (unpaired) electrons. The minimum Gasteiger partial charge on any atom is -0.442 e. The van der Waals surface area contributed by atoms with Crippen molar-refractivity contribution >= 4 is 24.0 Å². The van der Waals surface area contributed by atoms with Crippen LogP contribution in [0.4, 0.5) is 5.88 Å². The van der Waals surface area contributed by atoms with E-state index in [0.29, 0.717) is 17.2 Å². The molecule has 3 heterocycles. The zero-order chi connectivity index (χ0) is 14.4. The predicted octanol–water partition coefficient (Wildman–Crippen LogP) is 2.00. The van der Waals surface area contributed by atoms with Crippen molar-refractivity contribution in [3.63, 3.8) is 0 Å². The Morgan fingerprint density at radius 1 is 1.43 bits per heavy atom. The van der Waals surface area contributed by atoms with E-state index >= 15 is 0 Å². The molecule has 0 saturated heterocycles. The summed E-state index contributed by atoms with van der Waals surface area (Å²) >= 11 is 0. The molecule has 2 aliphatic heterocycles. The Morgan fingerprint density at radius 2 is 2.24 bits per heavy atom. The number of nitrogens with zero attached hydrogens (tertiary/aromatic N) is 3. The van der Waals surface area contributed by atoms with Crippen LogP contribution in [-0.4, -0.2) is 42.1 Å². The van der Waals surface area contributed by atoms with Gasteiger partial charge in [-0.25, -0.2) is 4.99 Å². The first-order chi connectivity index (χ1) is 10.2. The van der Waals surface area contributed by atoms with Crippen LogP contribution in [0.15, 0.2) is 14.4 Å². The van der Waals surface area contributed by atoms with Gasteiger partial charge >= 0.3 is 0 Å². The second-order valence-electron chi connectivity index (χ2n) is 5.81. The monoisotopic (exact) mass is 286 g/mol. The summed E-state index contributed by atoms with van der Waals surface area (Å²) in [5, 5.41) is 3.13. The van der Waals surface area contributed by atoms with Crippen LogP contribution in [0, 0.1) is 6.92 Å². The Labute approximate surface area is 122 Å². The number of carbonyl (C=O) groups excluding carboxylic acids is 1. The van der Waals surface area contributed by atoms with Crippen molar-refractivity contribution in [3.8, 4) is 0 Å². The van der Waals surface area contributed by atoms with Crippen molar-refractivity contribution in [3.05, 3.63) is 16.9 Å². The average molecular weight is 286 g/mol. The van der Waals surface area contributed by atoms with Gasteiger partial charge in [0.15, 0.2) is 0 Å². The number of aryl methyl sites for hydroxylation is 1. The number of hydrogen-bond donors (Lipinski definition) is 1. The molecule has 1 saturated carbocycles. The molecule has 1 fully saturated rings. The number of nitrogens with one attached hydrogen (secondary N) is 1. The van der Waals surface area contributed by atoms with Gasteiger partial charge in [-0.1, -0.05) is 12.8 Å². The standard InChI is InChI=1S/C15H18N4O2/c1-9-11(14(20)18-10-4-2-3-5-10)12-13-16-6-7-19(13)8-17-15(12)21-9/h8,10H,2-7H2,1H3,(H,18,20). The first-order valence-corrected chi connectivity index (χ1v) is 7.54. The van der Waals surface area contributed by atoms with Crippen LogP contribution < -0.4 is 5.32 Å². The molecule has 1 amide bonds. The molecule has 3 aliphatic rings. The molecule has 0 bridgehead atoms. The number of rotatable bonds is 2. The van der Waals surface area contributed by atoms with E-state index in [1.165, 1.54) is 12.8 Å². The third-order valence-corrected chi connectivity index (χ3v) is 4.40. The summed E-state index contributed by atoms with van der Waals surface area (Å²) in [5.74, 6) is 1.87. The molecule has 0 aromatic carbocycles. The van der Waals surface area contributed by atoms with Crippen molar-refractivity contribution in [2.24, 2.45) is 9.98 Å². The van der Waals surface area contributed by atoms with Crippen molar-refractivity contribution in [1.82, 2.24) is 10.2 Å². The highest BCUT2D eigenvalue weighted by Crippen LogP contribution is 2.34. The lowest BCUT2D eigenvalue weighted by molar-refractivity contribution is 0.0936. The van der Waals surface area contributed by atoms with Crippen LogP contribution in [0.5, 0.6) is 0 Å². The van der Waals surface area contributed by atoms with Gasteiger partial charge in [-0.3, -0.25) is 9.79 Å². The second kappa shape index (κ2) is 4.72. The van der Waals surface area contributed by atoms with E-state index in [-0.39, 0.29) is 11.9 Å². The summed E-state index contributed by atoms with van der Waals surface area (Å²) in [6.45, 7) is 3.36. The number of fused-ring (bicyclic) bond motifs is 3. The van der Waals surface area contributed by atoms with Crippen molar-refractivity contribution in [2.75, 3.05) is 13.1 Å². The fourth-order valence-corrected chi connectivity index (χ4v) is 3.35. The van der Waals surface area contributed by atoms with Gasteiger partial charge < -0.3 is 14.6 Å². The van der Waals surface area contributed by atoms with E-state index in [2.05, 4.69) is 15.3 Å². The van der Waals surface area contributed by atoms with Crippen LogP contribution in [0.3, 0.4) is 0 Å². The van der Waals surface area contributed by atoms with E-state index < -0.39 is 0 Å². The largest absolute Gasteiger partial charge is 0.442 e. The Hall–Kier alpha value is -2.11. The topological polar surface area (TPSA) is 70.2 Å². The maximum Gasteiger partial charge on any atom is 0.255 e. The quantitative estimate of drug-likeness (QED) is 0.904. The summed E-state index contributed by atoms with van der Waals surface area (Å²) in [7, 11) is 0. The number of hydrogen-bond acceptors (Lipinski definition) is 5. The Morgan fingerprint density at radius 3 is 3.05 bits per heavy atom. The van der Waals surface area contributed by atoms with E-state index in [1.807, 2.05) is 11.8 Å². The van der Waals surface area contributed by atoms with Crippen molar-refractivity contribution in [1.29, 1.82) is 0 Å². The first kappa shape index (κ1) is 12.6. The molecule has 21 heavy (non-hydrogen) atoms. The Kier molecular flexibility index (Phi) is 2.83. The van der Waals surface area contributed by atoms with Gasteiger partial charge in [0.05, 0.1) is 17.7 Å². The van der Waals surface area contributed by atoms with Crippen LogP contribution in [0.2, 0.25) is 0 Å². The maximum absolute atomic E-state index is 12.6. The molecule has 1 aromatic heterocycles. The average Bonchev–Trinajstić information content (AvgIpc) is 3.14. The van der Waals surface area contributed by atoms with Crippen LogP contribution >= 0.6 is 0 Å². The third-order valence-electron chi connectivity index (χ3n) is 4.40. The molecule has 0 spiro atoms. The summed E-state index contributed by atoms with van der Waals surface area (Å²) in [6, 6.07) is 0.288. The minimum absolute atomic E-state index is 0.0592. The lowest BCUT2D eigenvalue weighted by Crippen LogP contribution is -2.35. The van der Waals surface area contributed by atoms with Gasteiger partial charge in [-0.2, -0.15) is 0 Å². The lowest BCUT2D eigenvalue weighted by atomic mass is 10.1. The number of amidine groups is 1. The zero-order valence-corrected chi connectivity index (χ0v) is 12.1. The number of carbonyl (C=O) groups is 1. The smallest absolute Gasteiger partial charge is 0.255 e. The SMILES string of the molecule is Cc1oc2c(c1C(=O)NC1CCCC1)C1=NCCN1C=N2. The lowest BCUT2D eigenvalue weighted by Gasteiger charge is -2.19. The second-order valence-corrected chi connectivity index (χ2v) is 5.81. The normalized spacial score (nSPS) is 20.4.